The smallest absolute Gasteiger partial charge is 0.191 e. The molecule has 0 aromatic carbocycles. The zero-order valence-corrected chi connectivity index (χ0v) is 10.1. The van der Waals surface area contributed by atoms with Gasteiger partial charge >= 0.3 is 0 Å². The van der Waals surface area contributed by atoms with E-state index in [4.69, 9.17) is 17.3 Å². The molecule has 2 N–H and O–H groups in total. The summed E-state index contributed by atoms with van der Waals surface area (Å²) in [5.74, 6) is 0.551. The van der Waals surface area contributed by atoms with Crippen LogP contribution in [-0.4, -0.2) is 29.0 Å². The number of hydrogen-bond donors (Lipinski definition) is 1. The molecule has 1 rings (SSSR count). The number of nitrogens with two attached hydrogens (primary N) is 1. The van der Waals surface area contributed by atoms with Gasteiger partial charge in [0.05, 0.1) is 11.6 Å². The minimum atomic E-state index is 0.551. The second-order valence-electron chi connectivity index (χ2n) is 3.45. The van der Waals surface area contributed by atoms with Crippen LogP contribution in [-0.2, 0) is 13.6 Å². The van der Waals surface area contributed by atoms with E-state index in [1.165, 1.54) is 0 Å². The molecule has 1 heterocycles. The van der Waals surface area contributed by atoms with Gasteiger partial charge in [-0.2, -0.15) is 0 Å². The van der Waals surface area contributed by atoms with Crippen molar-refractivity contribution < 1.29 is 0 Å². The summed E-state index contributed by atoms with van der Waals surface area (Å²) in [7, 11) is 3.87. The Morgan fingerprint density at radius 1 is 1.67 bits per heavy atom. The van der Waals surface area contributed by atoms with E-state index < -0.39 is 0 Å². The van der Waals surface area contributed by atoms with E-state index in [1.54, 1.807) is 0 Å². The lowest BCUT2D eigenvalue weighted by Gasteiger charge is -2.18. The van der Waals surface area contributed by atoms with Crippen LogP contribution in [0.1, 0.15) is 12.6 Å². The van der Waals surface area contributed by atoms with Crippen molar-refractivity contribution in [3.63, 3.8) is 0 Å². The first-order valence-corrected chi connectivity index (χ1v) is 5.24. The van der Waals surface area contributed by atoms with Crippen LogP contribution in [0.15, 0.2) is 17.3 Å². The van der Waals surface area contributed by atoms with Crippen LogP contribution in [0.5, 0.6) is 0 Å². The molecule has 0 unspecified atom stereocenters. The normalized spacial score (nSPS) is 11.9. The van der Waals surface area contributed by atoms with Crippen molar-refractivity contribution in [2.24, 2.45) is 17.8 Å². The third kappa shape index (κ3) is 3.16. The predicted molar refractivity (Wildman–Crippen MR) is 64.1 cm³/mol. The SMILES string of the molecule is CCN=C(N)N(C)Cc1cc(Cl)cn1C. The van der Waals surface area contributed by atoms with E-state index in [-0.39, 0.29) is 0 Å². The van der Waals surface area contributed by atoms with Crippen molar-refractivity contribution in [1.29, 1.82) is 0 Å². The van der Waals surface area contributed by atoms with E-state index in [2.05, 4.69) is 4.99 Å². The summed E-state index contributed by atoms with van der Waals surface area (Å²) in [4.78, 5) is 6.03. The van der Waals surface area contributed by atoms with Crippen molar-refractivity contribution >= 4 is 17.6 Å². The molecule has 0 saturated heterocycles. The van der Waals surface area contributed by atoms with Gasteiger partial charge in [0, 0.05) is 32.5 Å². The zero-order chi connectivity index (χ0) is 11.4. The van der Waals surface area contributed by atoms with Gasteiger partial charge in [0.15, 0.2) is 5.96 Å². The van der Waals surface area contributed by atoms with Crippen LogP contribution in [0.4, 0.5) is 0 Å². The largest absolute Gasteiger partial charge is 0.370 e. The van der Waals surface area contributed by atoms with Crippen molar-refractivity contribution in [2.45, 2.75) is 13.5 Å². The molecular weight excluding hydrogens is 212 g/mol. The lowest BCUT2D eigenvalue weighted by molar-refractivity contribution is 0.476. The first-order valence-electron chi connectivity index (χ1n) is 4.86. The molecule has 4 nitrogen and oxygen atoms in total. The molecule has 5 heteroatoms. The molecule has 84 valence electrons. The summed E-state index contributed by atoms with van der Waals surface area (Å²) in [6.45, 7) is 3.36. The Balaban J connectivity index is 2.70. The highest BCUT2D eigenvalue weighted by Gasteiger charge is 2.06. The summed E-state index contributed by atoms with van der Waals surface area (Å²) in [5, 5.41) is 0.743. The lowest BCUT2D eigenvalue weighted by Crippen LogP contribution is -2.34. The number of nitrogens with zero attached hydrogens (tertiary/aromatic N) is 3. The molecule has 1 aromatic rings. The van der Waals surface area contributed by atoms with Gasteiger partial charge in [0.1, 0.15) is 0 Å². The van der Waals surface area contributed by atoms with Crippen LogP contribution in [0.25, 0.3) is 0 Å². The van der Waals surface area contributed by atoms with Gasteiger partial charge in [-0.1, -0.05) is 11.6 Å². The highest BCUT2D eigenvalue weighted by atomic mass is 35.5. The second-order valence-corrected chi connectivity index (χ2v) is 3.89. The highest BCUT2D eigenvalue weighted by molar-refractivity contribution is 6.30. The molecule has 1 aromatic heterocycles. The van der Waals surface area contributed by atoms with Crippen LogP contribution in [0.2, 0.25) is 5.02 Å². The highest BCUT2D eigenvalue weighted by Crippen LogP contribution is 2.13. The summed E-state index contributed by atoms with van der Waals surface area (Å²) in [6.07, 6.45) is 1.87. The van der Waals surface area contributed by atoms with Crippen molar-refractivity contribution in [3.8, 4) is 0 Å². The van der Waals surface area contributed by atoms with E-state index in [9.17, 15) is 0 Å². The van der Waals surface area contributed by atoms with Crippen molar-refractivity contribution in [2.75, 3.05) is 13.6 Å². The maximum atomic E-state index is 5.89. The molecule has 0 radical (unpaired) electrons. The Morgan fingerprint density at radius 2 is 2.33 bits per heavy atom. The molecule has 0 bridgehead atoms. The standard InChI is InChI=1S/C10H17ClN4/c1-4-13-10(12)15(3)7-9-5-8(11)6-14(9)2/h5-6H,4,7H2,1-3H3,(H2,12,13). The van der Waals surface area contributed by atoms with Gasteiger partial charge in [-0.25, -0.2) is 0 Å². The molecule has 0 fully saturated rings. The first kappa shape index (κ1) is 11.9. The van der Waals surface area contributed by atoms with Gasteiger partial charge in [0.2, 0.25) is 0 Å². The van der Waals surface area contributed by atoms with Crippen molar-refractivity contribution in [3.05, 3.63) is 23.0 Å². The number of rotatable bonds is 3. The van der Waals surface area contributed by atoms with Gasteiger partial charge in [0.25, 0.3) is 0 Å². The average Bonchev–Trinajstić information content (AvgIpc) is 2.45. The average molecular weight is 229 g/mol. The Morgan fingerprint density at radius 3 is 2.80 bits per heavy atom. The van der Waals surface area contributed by atoms with E-state index in [0.717, 1.165) is 10.7 Å². The summed E-state index contributed by atoms with van der Waals surface area (Å²) < 4.78 is 1.98. The molecule has 0 atom stereocenters. The molecule has 0 saturated carbocycles. The maximum Gasteiger partial charge on any atom is 0.191 e. The molecule has 0 spiro atoms. The van der Waals surface area contributed by atoms with E-state index >= 15 is 0 Å². The second kappa shape index (κ2) is 5.07. The fourth-order valence-corrected chi connectivity index (χ4v) is 1.60. The van der Waals surface area contributed by atoms with Crippen molar-refractivity contribution in [1.82, 2.24) is 9.47 Å². The van der Waals surface area contributed by atoms with Gasteiger partial charge in [-0.15, -0.1) is 0 Å². The van der Waals surface area contributed by atoms with Gasteiger partial charge in [-0.3, -0.25) is 4.99 Å². The number of guanidine groups is 1. The number of aliphatic imine (C=N–C) groups is 1. The number of aromatic nitrogens is 1. The lowest BCUT2D eigenvalue weighted by atomic mass is 10.4. The number of halogens is 1. The van der Waals surface area contributed by atoms with Crippen LogP contribution >= 0.6 is 11.6 Å². The van der Waals surface area contributed by atoms with Gasteiger partial charge in [-0.05, 0) is 13.0 Å². The van der Waals surface area contributed by atoms with E-state index in [1.807, 2.05) is 42.7 Å². The quantitative estimate of drug-likeness (QED) is 0.629. The zero-order valence-electron chi connectivity index (χ0n) is 9.37. The topological polar surface area (TPSA) is 46.5 Å². The van der Waals surface area contributed by atoms with Crippen LogP contribution < -0.4 is 5.73 Å². The number of hydrogen-bond acceptors (Lipinski definition) is 1. The Kier molecular flexibility index (Phi) is 4.03. The van der Waals surface area contributed by atoms with Gasteiger partial charge < -0.3 is 15.2 Å². The summed E-state index contributed by atoms with van der Waals surface area (Å²) in [6, 6.07) is 1.93. The molecule has 0 aliphatic heterocycles. The van der Waals surface area contributed by atoms with Crippen LogP contribution in [0, 0.1) is 0 Å². The maximum absolute atomic E-state index is 5.89. The minimum Gasteiger partial charge on any atom is -0.370 e. The molecule has 0 aliphatic carbocycles. The third-order valence-corrected chi connectivity index (χ3v) is 2.39. The fourth-order valence-electron chi connectivity index (χ4n) is 1.33. The van der Waals surface area contributed by atoms with E-state index in [0.29, 0.717) is 19.0 Å². The molecular formula is C10H17ClN4. The molecule has 0 amide bonds. The third-order valence-electron chi connectivity index (χ3n) is 2.18. The summed E-state index contributed by atoms with van der Waals surface area (Å²) in [5.41, 5.74) is 6.87. The minimum absolute atomic E-state index is 0.551. The number of aryl methyl sites for hydroxylation is 1. The summed E-state index contributed by atoms with van der Waals surface area (Å²) >= 11 is 5.89. The first-order chi connectivity index (χ1) is 7.04. The van der Waals surface area contributed by atoms with Crippen LogP contribution in [0.3, 0.4) is 0 Å². The Labute approximate surface area is 95.3 Å². The Bertz CT molecular complexity index is 356. The Hall–Kier alpha value is -1.16. The fraction of sp³-hybridized carbons (Fsp3) is 0.500. The predicted octanol–water partition coefficient (Wildman–Crippen LogP) is 1.44. The monoisotopic (exact) mass is 228 g/mol. The molecule has 0 aliphatic rings. The molecule has 15 heavy (non-hydrogen) atoms.